The van der Waals surface area contributed by atoms with E-state index in [0.717, 1.165) is 23.0 Å². The molecule has 74 valence electrons. The molecule has 0 radical (unpaired) electrons. The molecule has 1 saturated carbocycles. The van der Waals surface area contributed by atoms with Crippen LogP contribution in [0, 0.1) is 0 Å². The van der Waals surface area contributed by atoms with E-state index in [1.165, 1.54) is 0 Å². The van der Waals surface area contributed by atoms with Gasteiger partial charge in [0.2, 0.25) is 0 Å². The van der Waals surface area contributed by atoms with Gasteiger partial charge in [-0.15, -0.1) is 0 Å². The molecule has 1 aliphatic carbocycles. The van der Waals surface area contributed by atoms with Gasteiger partial charge < -0.3 is 5.11 Å². The number of aliphatic carboxylic acids is 1. The van der Waals surface area contributed by atoms with E-state index in [1.54, 1.807) is 6.20 Å². The first kappa shape index (κ1) is 9.65. The molecule has 0 amide bonds. The minimum absolute atomic E-state index is 0.174. The minimum Gasteiger partial charge on any atom is -0.481 e. The standard InChI is InChI=1S/C10H10BrNO2/c11-7-1-2-8(12-6-7)10(3-4-10)5-9(13)14/h1-2,6H,3-5H2,(H,13,14). The second-order valence-electron chi connectivity index (χ2n) is 3.71. The lowest BCUT2D eigenvalue weighted by atomic mass is 9.98. The zero-order valence-corrected chi connectivity index (χ0v) is 9.12. The molecule has 0 unspecified atom stereocenters. The highest BCUT2D eigenvalue weighted by Gasteiger charge is 2.47. The van der Waals surface area contributed by atoms with E-state index in [2.05, 4.69) is 20.9 Å². The lowest BCUT2D eigenvalue weighted by molar-refractivity contribution is -0.137. The Morgan fingerprint density at radius 2 is 2.29 bits per heavy atom. The van der Waals surface area contributed by atoms with Gasteiger partial charge in [-0.1, -0.05) is 0 Å². The van der Waals surface area contributed by atoms with Crippen molar-refractivity contribution in [2.24, 2.45) is 0 Å². The monoisotopic (exact) mass is 255 g/mol. The molecule has 1 aromatic rings. The average molecular weight is 256 g/mol. The molecule has 4 heteroatoms. The van der Waals surface area contributed by atoms with Crippen molar-refractivity contribution in [1.82, 2.24) is 4.98 Å². The van der Waals surface area contributed by atoms with E-state index in [9.17, 15) is 4.79 Å². The molecule has 1 fully saturated rings. The second kappa shape index (κ2) is 3.35. The van der Waals surface area contributed by atoms with Crippen molar-refractivity contribution in [3.63, 3.8) is 0 Å². The van der Waals surface area contributed by atoms with Crippen LogP contribution in [-0.4, -0.2) is 16.1 Å². The molecule has 0 aliphatic heterocycles. The number of halogens is 1. The first-order chi connectivity index (χ1) is 6.62. The SMILES string of the molecule is O=C(O)CC1(c2ccc(Br)cn2)CC1. The molecule has 0 spiro atoms. The summed E-state index contributed by atoms with van der Waals surface area (Å²) in [5, 5.41) is 8.77. The maximum atomic E-state index is 10.7. The number of rotatable bonds is 3. The first-order valence-corrected chi connectivity index (χ1v) is 5.26. The van der Waals surface area contributed by atoms with Crippen LogP contribution in [0.5, 0.6) is 0 Å². The van der Waals surface area contributed by atoms with Gasteiger partial charge in [-0.05, 0) is 40.9 Å². The Morgan fingerprint density at radius 1 is 1.57 bits per heavy atom. The third kappa shape index (κ3) is 1.80. The Balaban J connectivity index is 2.22. The number of hydrogen-bond donors (Lipinski definition) is 1. The fourth-order valence-electron chi connectivity index (χ4n) is 1.65. The minimum atomic E-state index is -0.743. The fraction of sp³-hybridized carbons (Fsp3) is 0.400. The van der Waals surface area contributed by atoms with Crippen LogP contribution in [0.1, 0.15) is 25.0 Å². The van der Waals surface area contributed by atoms with Crippen LogP contribution in [0.3, 0.4) is 0 Å². The number of carbonyl (C=O) groups is 1. The molecule has 1 aromatic heterocycles. The van der Waals surface area contributed by atoms with Crippen molar-refractivity contribution >= 4 is 21.9 Å². The summed E-state index contributed by atoms with van der Waals surface area (Å²) >= 11 is 3.30. The van der Waals surface area contributed by atoms with Crippen molar-refractivity contribution in [3.8, 4) is 0 Å². The maximum absolute atomic E-state index is 10.7. The normalized spacial score (nSPS) is 17.8. The van der Waals surface area contributed by atoms with Crippen molar-refractivity contribution in [2.45, 2.75) is 24.7 Å². The zero-order valence-electron chi connectivity index (χ0n) is 7.53. The number of carboxylic acid groups (broad SMARTS) is 1. The highest BCUT2D eigenvalue weighted by Crippen LogP contribution is 2.50. The quantitative estimate of drug-likeness (QED) is 0.903. The van der Waals surface area contributed by atoms with E-state index in [0.29, 0.717) is 0 Å². The van der Waals surface area contributed by atoms with Gasteiger partial charge in [-0.3, -0.25) is 9.78 Å². The smallest absolute Gasteiger partial charge is 0.304 e. The largest absolute Gasteiger partial charge is 0.481 e. The Hall–Kier alpha value is -0.900. The van der Waals surface area contributed by atoms with Gasteiger partial charge in [0.05, 0.1) is 6.42 Å². The van der Waals surface area contributed by atoms with Crippen LogP contribution >= 0.6 is 15.9 Å². The Bertz CT molecular complexity index is 357. The number of nitrogens with zero attached hydrogens (tertiary/aromatic N) is 1. The summed E-state index contributed by atoms with van der Waals surface area (Å²) < 4.78 is 0.923. The second-order valence-corrected chi connectivity index (χ2v) is 4.63. The number of hydrogen-bond acceptors (Lipinski definition) is 2. The molecular weight excluding hydrogens is 246 g/mol. The summed E-state index contributed by atoms with van der Waals surface area (Å²) in [7, 11) is 0. The van der Waals surface area contributed by atoms with Crippen LogP contribution in [0.25, 0.3) is 0 Å². The van der Waals surface area contributed by atoms with Gasteiger partial charge in [0, 0.05) is 21.8 Å². The summed E-state index contributed by atoms with van der Waals surface area (Å²) in [6.45, 7) is 0. The lowest BCUT2D eigenvalue weighted by Gasteiger charge is -2.11. The average Bonchev–Trinajstić information content (AvgIpc) is 2.85. The van der Waals surface area contributed by atoms with Gasteiger partial charge >= 0.3 is 5.97 Å². The highest BCUT2D eigenvalue weighted by atomic mass is 79.9. The van der Waals surface area contributed by atoms with Gasteiger partial charge in [-0.25, -0.2) is 0 Å². The predicted molar refractivity (Wildman–Crippen MR) is 55.1 cm³/mol. The molecule has 0 saturated heterocycles. The van der Waals surface area contributed by atoms with Gasteiger partial charge in [0.15, 0.2) is 0 Å². The van der Waals surface area contributed by atoms with E-state index < -0.39 is 5.97 Å². The Labute approximate surface area is 90.3 Å². The molecule has 14 heavy (non-hydrogen) atoms. The van der Waals surface area contributed by atoms with E-state index >= 15 is 0 Å². The molecule has 0 atom stereocenters. The predicted octanol–water partition coefficient (Wildman–Crippen LogP) is 2.35. The molecule has 1 aliphatic rings. The third-order valence-corrected chi connectivity index (χ3v) is 3.08. The number of carboxylic acids is 1. The number of aromatic nitrogens is 1. The van der Waals surface area contributed by atoms with E-state index in [4.69, 9.17) is 5.11 Å². The lowest BCUT2D eigenvalue weighted by Crippen LogP contribution is -2.14. The van der Waals surface area contributed by atoms with Crippen molar-refractivity contribution in [2.75, 3.05) is 0 Å². The van der Waals surface area contributed by atoms with Gasteiger partial charge in [-0.2, -0.15) is 0 Å². The summed E-state index contributed by atoms with van der Waals surface area (Å²) in [5.41, 5.74) is 0.732. The maximum Gasteiger partial charge on any atom is 0.304 e. The topological polar surface area (TPSA) is 50.2 Å². The molecule has 0 aromatic carbocycles. The van der Waals surface area contributed by atoms with Crippen LogP contribution in [0.4, 0.5) is 0 Å². The molecular formula is C10H10BrNO2. The summed E-state index contributed by atoms with van der Waals surface area (Å²) in [4.78, 5) is 14.9. The van der Waals surface area contributed by atoms with Crippen molar-refractivity contribution in [1.29, 1.82) is 0 Å². The van der Waals surface area contributed by atoms with Crippen LogP contribution in [0.2, 0.25) is 0 Å². The van der Waals surface area contributed by atoms with Gasteiger partial charge in [0.1, 0.15) is 0 Å². The van der Waals surface area contributed by atoms with Crippen LogP contribution in [0.15, 0.2) is 22.8 Å². The molecule has 1 heterocycles. The molecule has 1 N–H and O–H groups in total. The van der Waals surface area contributed by atoms with E-state index in [1.807, 2.05) is 12.1 Å². The zero-order chi connectivity index (χ0) is 10.2. The Kier molecular flexibility index (Phi) is 2.31. The highest BCUT2D eigenvalue weighted by molar-refractivity contribution is 9.10. The number of pyridine rings is 1. The summed E-state index contributed by atoms with van der Waals surface area (Å²) in [6, 6.07) is 3.81. The summed E-state index contributed by atoms with van der Waals surface area (Å²) in [6.07, 6.45) is 3.79. The first-order valence-electron chi connectivity index (χ1n) is 4.46. The van der Waals surface area contributed by atoms with Gasteiger partial charge in [0.25, 0.3) is 0 Å². The van der Waals surface area contributed by atoms with E-state index in [-0.39, 0.29) is 11.8 Å². The van der Waals surface area contributed by atoms with Crippen LogP contribution in [-0.2, 0) is 10.2 Å². The van der Waals surface area contributed by atoms with Crippen molar-refractivity contribution < 1.29 is 9.90 Å². The third-order valence-electron chi connectivity index (χ3n) is 2.61. The fourth-order valence-corrected chi connectivity index (χ4v) is 1.89. The Morgan fingerprint density at radius 3 is 2.71 bits per heavy atom. The van der Waals surface area contributed by atoms with Crippen molar-refractivity contribution in [3.05, 3.63) is 28.5 Å². The van der Waals surface area contributed by atoms with Crippen LogP contribution < -0.4 is 0 Å². The molecule has 0 bridgehead atoms. The summed E-state index contributed by atoms with van der Waals surface area (Å²) in [5.74, 6) is -0.743. The molecule has 3 nitrogen and oxygen atoms in total. The molecule has 2 rings (SSSR count).